The molecule has 1 spiro atoms. The highest BCUT2D eigenvalue weighted by atomic mass is 19.3. The summed E-state index contributed by atoms with van der Waals surface area (Å²) >= 11 is 0. The monoisotopic (exact) mass is 360 g/mol. The molecule has 0 aromatic carbocycles. The largest absolute Gasteiger partial charge is 0.368 e. The number of carbonyl (C=O) groups excluding carboxylic acids is 1. The molecule has 1 saturated carbocycles. The summed E-state index contributed by atoms with van der Waals surface area (Å²) in [6.07, 6.45) is 3.73. The molecular weight excluding hydrogens is 342 g/mol. The van der Waals surface area contributed by atoms with Crippen LogP contribution >= 0.6 is 0 Å². The lowest BCUT2D eigenvalue weighted by molar-refractivity contribution is -0.114. The molecule has 2 aliphatic rings. The maximum atomic E-state index is 13.7. The minimum atomic E-state index is -3.12. The third-order valence-electron chi connectivity index (χ3n) is 4.82. The molecule has 4 rings (SSSR count). The van der Waals surface area contributed by atoms with Gasteiger partial charge in [-0.3, -0.25) is 4.79 Å². The zero-order valence-corrected chi connectivity index (χ0v) is 14.4. The fraction of sp³-hybridized carbons (Fsp3) is 0.412. The lowest BCUT2D eigenvalue weighted by atomic mass is 10.0. The van der Waals surface area contributed by atoms with Gasteiger partial charge in [0.2, 0.25) is 11.9 Å². The third-order valence-corrected chi connectivity index (χ3v) is 4.82. The molecule has 0 bridgehead atoms. The number of halogens is 2. The van der Waals surface area contributed by atoms with Gasteiger partial charge < -0.3 is 16.0 Å². The van der Waals surface area contributed by atoms with E-state index < -0.39 is 11.6 Å². The SMILES string of the molecule is CC(=O)Nc1cc2c(cn1)C1(CC1)CN2c1cc(C(C)(F)F)nc(N)n1. The van der Waals surface area contributed by atoms with Gasteiger partial charge in [-0.15, -0.1) is 0 Å². The number of nitrogens with two attached hydrogens (primary N) is 1. The van der Waals surface area contributed by atoms with Crippen molar-refractivity contribution in [2.45, 2.75) is 38.0 Å². The van der Waals surface area contributed by atoms with Crippen LogP contribution in [0.5, 0.6) is 0 Å². The minimum absolute atomic E-state index is 0.0360. The molecule has 1 aliphatic carbocycles. The fourth-order valence-electron chi connectivity index (χ4n) is 3.40. The number of nitrogen functional groups attached to an aromatic ring is 1. The Morgan fingerprint density at radius 1 is 1.35 bits per heavy atom. The van der Waals surface area contributed by atoms with E-state index in [4.69, 9.17) is 5.73 Å². The number of anilines is 4. The van der Waals surface area contributed by atoms with Crippen molar-refractivity contribution >= 4 is 29.2 Å². The summed E-state index contributed by atoms with van der Waals surface area (Å²) < 4.78 is 27.5. The van der Waals surface area contributed by atoms with Crippen molar-refractivity contribution in [3.63, 3.8) is 0 Å². The Morgan fingerprint density at radius 3 is 2.69 bits per heavy atom. The first-order valence-electron chi connectivity index (χ1n) is 8.26. The lowest BCUT2D eigenvalue weighted by Crippen LogP contribution is -2.22. The Bertz CT molecular complexity index is 907. The van der Waals surface area contributed by atoms with Gasteiger partial charge in [0, 0.05) is 49.7 Å². The number of carbonyl (C=O) groups is 1. The Hall–Kier alpha value is -2.84. The number of alkyl halides is 2. The van der Waals surface area contributed by atoms with Crippen LogP contribution in [-0.4, -0.2) is 27.4 Å². The quantitative estimate of drug-likeness (QED) is 0.873. The smallest absolute Gasteiger partial charge is 0.287 e. The highest BCUT2D eigenvalue weighted by molar-refractivity contribution is 5.89. The van der Waals surface area contributed by atoms with E-state index in [9.17, 15) is 13.6 Å². The van der Waals surface area contributed by atoms with Gasteiger partial charge in [-0.2, -0.15) is 13.8 Å². The summed E-state index contributed by atoms with van der Waals surface area (Å²) in [7, 11) is 0. The molecule has 3 N–H and O–H groups in total. The van der Waals surface area contributed by atoms with Gasteiger partial charge in [-0.1, -0.05) is 0 Å². The predicted octanol–water partition coefficient (Wildman–Crippen LogP) is 2.71. The number of rotatable bonds is 3. The second-order valence-corrected chi connectivity index (χ2v) is 6.99. The summed E-state index contributed by atoms with van der Waals surface area (Å²) in [6.45, 7) is 2.78. The van der Waals surface area contributed by atoms with Crippen molar-refractivity contribution in [3.8, 4) is 0 Å². The number of hydrogen-bond donors (Lipinski definition) is 2. The van der Waals surface area contributed by atoms with Gasteiger partial charge in [-0.25, -0.2) is 9.97 Å². The van der Waals surface area contributed by atoms with E-state index >= 15 is 0 Å². The molecule has 1 amide bonds. The van der Waals surface area contributed by atoms with Crippen molar-refractivity contribution in [3.05, 3.63) is 29.6 Å². The van der Waals surface area contributed by atoms with Gasteiger partial charge in [0.05, 0.1) is 5.69 Å². The molecule has 2 aromatic heterocycles. The topological polar surface area (TPSA) is 97.0 Å². The first-order valence-corrected chi connectivity index (χ1v) is 8.26. The molecule has 3 heterocycles. The second kappa shape index (κ2) is 5.33. The molecule has 26 heavy (non-hydrogen) atoms. The van der Waals surface area contributed by atoms with E-state index in [2.05, 4.69) is 20.3 Å². The van der Waals surface area contributed by atoms with Crippen LogP contribution in [0.2, 0.25) is 0 Å². The van der Waals surface area contributed by atoms with Gasteiger partial charge >= 0.3 is 0 Å². The normalized spacial score (nSPS) is 17.3. The van der Waals surface area contributed by atoms with E-state index in [0.717, 1.165) is 31.0 Å². The Kier molecular flexibility index (Phi) is 3.40. The molecule has 1 aliphatic heterocycles. The van der Waals surface area contributed by atoms with E-state index in [1.165, 1.54) is 13.0 Å². The van der Waals surface area contributed by atoms with E-state index in [1.54, 1.807) is 12.3 Å². The van der Waals surface area contributed by atoms with E-state index in [0.29, 0.717) is 18.2 Å². The van der Waals surface area contributed by atoms with Crippen molar-refractivity contribution < 1.29 is 13.6 Å². The van der Waals surface area contributed by atoms with E-state index in [-0.39, 0.29) is 17.3 Å². The van der Waals surface area contributed by atoms with Crippen LogP contribution in [0.3, 0.4) is 0 Å². The minimum Gasteiger partial charge on any atom is -0.368 e. The first-order chi connectivity index (χ1) is 12.2. The van der Waals surface area contributed by atoms with Crippen molar-refractivity contribution in [1.82, 2.24) is 15.0 Å². The zero-order valence-electron chi connectivity index (χ0n) is 14.4. The summed E-state index contributed by atoms with van der Waals surface area (Å²) in [5.74, 6) is -2.83. The maximum absolute atomic E-state index is 13.7. The van der Waals surface area contributed by atoms with Crippen molar-refractivity contribution in [2.75, 3.05) is 22.5 Å². The standard InChI is InChI=1S/C17H18F2N6O/c1-9(26)22-13-5-11-10(7-21-13)17(3-4-17)8-25(11)14-6-12(16(2,18)19)23-15(20)24-14/h5-7H,3-4,8H2,1-2H3,(H2,20,23,24)(H,21,22,26). The molecule has 0 atom stereocenters. The molecule has 2 aromatic rings. The zero-order chi connectivity index (χ0) is 18.7. The van der Waals surface area contributed by atoms with Crippen LogP contribution in [-0.2, 0) is 16.1 Å². The number of nitrogens with one attached hydrogen (secondary N) is 1. The summed E-state index contributed by atoms with van der Waals surface area (Å²) in [5, 5.41) is 2.65. The average molecular weight is 360 g/mol. The predicted molar refractivity (Wildman–Crippen MR) is 92.5 cm³/mol. The van der Waals surface area contributed by atoms with Crippen LogP contribution in [0.4, 0.5) is 32.1 Å². The molecular formula is C17H18F2N6O. The molecule has 0 unspecified atom stereocenters. The third kappa shape index (κ3) is 2.73. The summed E-state index contributed by atoms with van der Waals surface area (Å²) in [4.78, 5) is 25.3. The number of fused-ring (bicyclic) bond motifs is 2. The highest BCUT2D eigenvalue weighted by Gasteiger charge is 2.52. The average Bonchev–Trinajstić information content (AvgIpc) is 3.23. The molecule has 9 heteroatoms. The summed E-state index contributed by atoms with van der Waals surface area (Å²) in [6, 6.07) is 3.01. The number of nitrogens with zero attached hydrogens (tertiary/aromatic N) is 4. The molecule has 0 radical (unpaired) electrons. The number of amides is 1. The molecule has 7 nitrogen and oxygen atoms in total. The van der Waals surface area contributed by atoms with Gasteiger partial charge in [0.15, 0.2) is 0 Å². The molecule has 136 valence electrons. The van der Waals surface area contributed by atoms with E-state index in [1.807, 2.05) is 4.90 Å². The van der Waals surface area contributed by atoms with Crippen LogP contribution < -0.4 is 16.0 Å². The van der Waals surface area contributed by atoms with Gasteiger partial charge in [0.1, 0.15) is 17.3 Å². The van der Waals surface area contributed by atoms with Gasteiger partial charge in [0.25, 0.3) is 5.92 Å². The van der Waals surface area contributed by atoms with Crippen LogP contribution in [0.25, 0.3) is 0 Å². The maximum Gasteiger partial charge on any atom is 0.287 e. The Labute approximate surface area is 148 Å². The lowest BCUT2D eigenvalue weighted by Gasteiger charge is -2.21. The number of aromatic nitrogens is 3. The van der Waals surface area contributed by atoms with Crippen LogP contribution in [0.1, 0.15) is 37.9 Å². The second-order valence-electron chi connectivity index (χ2n) is 6.99. The van der Waals surface area contributed by atoms with Crippen molar-refractivity contribution in [2.24, 2.45) is 0 Å². The Morgan fingerprint density at radius 2 is 2.08 bits per heavy atom. The Balaban J connectivity index is 1.80. The summed E-state index contributed by atoms with van der Waals surface area (Å²) in [5.41, 5.74) is 7.05. The molecule has 0 saturated heterocycles. The van der Waals surface area contributed by atoms with Crippen molar-refractivity contribution in [1.29, 1.82) is 0 Å². The number of hydrogen-bond acceptors (Lipinski definition) is 6. The van der Waals surface area contributed by atoms with Gasteiger partial charge in [-0.05, 0) is 12.8 Å². The highest BCUT2D eigenvalue weighted by Crippen LogP contribution is 2.58. The molecule has 1 fully saturated rings. The van der Waals surface area contributed by atoms with Crippen LogP contribution in [0.15, 0.2) is 18.3 Å². The first kappa shape index (κ1) is 16.6. The number of pyridine rings is 1. The van der Waals surface area contributed by atoms with Crippen LogP contribution in [0, 0.1) is 0 Å². The fourth-order valence-corrected chi connectivity index (χ4v) is 3.40.